The van der Waals surface area contributed by atoms with Crippen molar-refractivity contribution in [2.24, 2.45) is 0 Å². The molecule has 0 heterocycles. The van der Waals surface area contributed by atoms with E-state index in [9.17, 15) is 4.79 Å². The van der Waals surface area contributed by atoms with Gasteiger partial charge < -0.3 is 9.84 Å². The number of carbonyl (C=O) groups is 1. The molecule has 2 N–H and O–H groups in total. The molecule has 0 aromatic heterocycles. The Morgan fingerprint density at radius 2 is 1.84 bits per heavy atom. The molecule has 0 aliphatic rings. The summed E-state index contributed by atoms with van der Waals surface area (Å²) in [7, 11) is 6.05. The van der Waals surface area contributed by atoms with Gasteiger partial charge in [-0.3, -0.25) is 9.39 Å². The lowest BCUT2D eigenvalue weighted by atomic mass is 10.2. The van der Waals surface area contributed by atoms with E-state index in [0.717, 1.165) is 19.3 Å². The Kier molecular flexibility index (Phi) is 13.5. The molecule has 0 amide bonds. The minimum atomic E-state index is -0.262. The molecule has 0 radical (unpaired) electrons. The van der Waals surface area contributed by atoms with Crippen LogP contribution < -0.4 is 5.43 Å². The van der Waals surface area contributed by atoms with Crippen LogP contribution in [0.1, 0.15) is 46.5 Å². The van der Waals surface area contributed by atoms with Crippen molar-refractivity contribution < 1.29 is 19.2 Å². The van der Waals surface area contributed by atoms with Crippen LogP contribution in [0.2, 0.25) is 0 Å². The highest BCUT2D eigenvalue weighted by Gasteiger charge is 2.06. The van der Waals surface area contributed by atoms with Gasteiger partial charge in [0.2, 0.25) is 0 Å². The van der Waals surface area contributed by atoms with Gasteiger partial charge in [0.1, 0.15) is 0 Å². The smallest absolute Gasteiger partial charge is 0.305 e. The molecule has 0 aromatic rings. The lowest BCUT2D eigenvalue weighted by Crippen LogP contribution is -2.50. The van der Waals surface area contributed by atoms with Gasteiger partial charge in [0.15, 0.2) is 0 Å². The van der Waals surface area contributed by atoms with Crippen molar-refractivity contribution >= 4 is 5.97 Å². The van der Waals surface area contributed by atoms with E-state index in [1.165, 1.54) is 0 Å². The lowest BCUT2D eigenvalue weighted by Gasteiger charge is -2.24. The van der Waals surface area contributed by atoms with Crippen LogP contribution in [0.25, 0.3) is 0 Å². The Bertz CT molecular complexity index is 213. The molecule has 1 atom stereocenters. The molecule has 0 aromatic carbocycles. The van der Waals surface area contributed by atoms with E-state index < -0.39 is 0 Å². The molecular formula is C14H33N2O3+. The molecule has 0 spiro atoms. The van der Waals surface area contributed by atoms with E-state index in [1.807, 2.05) is 28.1 Å². The molecule has 0 saturated heterocycles. The molecule has 0 aliphatic carbocycles. The Labute approximate surface area is 118 Å². The zero-order valence-corrected chi connectivity index (χ0v) is 13.5. The van der Waals surface area contributed by atoms with Crippen LogP contribution in [0, 0.1) is 0 Å². The van der Waals surface area contributed by atoms with Crippen LogP contribution >= 0.6 is 0 Å². The fourth-order valence-electron chi connectivity index (χ4n) is 1.16. The molecule has 5 heteroatoms. The molecule has 0 bridgehead atoms. The van der Waals surface area contributed by atoms with Gasteiger partial charge in [-0.15, -0.1) is 0 Å². The van der Waals surface area contributed by atoms with E-state index in [0.29, 0.717) is 24.2 Å². The van der Waals surface area contributed by atoms with E-state index in [4.69, 9.17) is 9.84 Å². The topological polar surface area (TPSA) is 58.6 Å². The largest absolute Gasteiger partial charge is 0.466 e. The molecule has 0 fully saturated rings. The third kappa shape index (κ3) is 22.9. The number of aliphatic hydroxyl groups excluding tert-OH is 1. The summed E-state index contributed by atoms with van der Waals surface area (Å²) < 4.78 is 5.43. The van der Waals surface area contributed by atoms with Crippen LogP contribution in [0.15, 0.2) is 0 Å². The summed E-state index contributed by atoms with van der Waals surface area (Å²) >= 11 is 0. The summed E-state index contributed by atoms with van der Waals surface area (Å²) in [6.07, 6.45) is 3.57. The molecular weight excluding hydrogens is 244 g/mol. The standard InChI is InChI=1S/C8H16O2.C6H17N2O/c1-3-5-6-7-8(9)10-4-2;1-6(9)5-7-8(2,3)4/h3-7H2,1-2H3;6-7,9H,5H2,1-4H3/q;+1. The predicted octanol–water partition coefficient (Wildman–Crippen LogP) is 1.71. The Morgan fingerprint density at radius 3 is 2.16 bits per heavy atom. The van der Waals surface area contributed by atoms with Gasteiger partial charge in [0.05, 0.1) is 40.4 Å². The van der Waals surface area contributed by atoms with E-state index >= 15 is 0 Å². The summed E-state index contributed by atoms with van der Waals surface area (Å²) in [6.45, 7) is 6.86. The number of ether oxygens (including phenoxy) is 1. The number of unbranched alkanes of at least 4 members (excludes halogenated alkanes) is 2. The van der Waals surface area contributed by atoms with Crippen molar-refractivity contribution in [3.05, 3.63) is 0 Å². The fraction of sp³-hybridized carbons (Fsp3) is 0.929. The number of hydrogen-bond donors (Lipinski definition) is 2. The Hall–Kier alpha value is -0.650. The number of hydrogen-bond acceptors (Lipinski definition) is 4. The zero-order chi connectivity index (χ0) is 15.3. The van der Waals surface area contributed by atoms with E-state index in [2.05, 4.69) is 12.3 Å². The minimum Gasteiger partial charge on any atom is -0.466 e. The average molecular weight is 277 g/mol. The predicted molar refractivity (Wildman–Crippen MR) is 78.5 cm³/mol. The first-order chi connectivity index (χ1) is 8.72. The van der Waals surface area contributed by atoms with E-state index in [1.54, 1.807) is 6.92 Å². The second-order valence-electron chi connectivity index (χ2n) is 5.49. The molecule has 19 heavy (non-hydrogen) atoms. The Morgan fingerprint density at radius 1 is 1.26 bits per heavy atom. The van der Waals surface area contributed by atoms with Crippen LogP contribution in [-0.2, 0) is 9.53 Å². The number of quaternary nitrogens is 1. The van der Waals surface area contributed by atoms with Crippen molar-refractivity contribution in [3.8, 4) is 0 Å². The molecule has 0 aliphatic heterocycles. The summed E-state index contributed by atoms with van der Waals surface area (Å²) in [5.74, 6) is -0.0593. The van der Waals surface area contributed by atoms with Gasteiger partial charge in [0.25, 0.3) is 0 Å². The van der Waals surface area contributed by atoms with Gasteiger partial charge >= 0.3 is 5.97 Å². The summed E-state index contributed by atoms with van der Waals surface area (Å²) in [5.41, 5.74) is 3.11. The van der Waals surface area contributed by atoms with Gasteiger partial charge in [-0.1, -0.05) is 19.8 Å². The van der Waals surface area contributed by atoms with E-state index in [-0.39, 0.29) is 12.1 Å². The molecule has 1 unspecified atom stereocenters. The maximum absolute atomic E-state index is 10.7. The highest BCUT2D eigenvalue weighted by atomic mass is 16.5. The van der Waals surface area contributed by atoms with Crippen molar-refractivity contribution in [1.29, 1.82) is 0 Å². The number of carbonyl (C=O) groups excluding carboxylic acids is 1. The molecule has 116 valence electrons. The van der Waals surface area contributed by atoms with Crippen molar-refractivity contribution in [3.63, 3.8) is 0 Å². The zero-order valence-electron chi connectivity index (χ0n) is 13.5. The van der Waals surface area contributed by atoms with Crippen molar-refractivity contribution in [2.75, 3.05) is 34.3 Å². The van der Waals surface area contributed by atoms with Crippen LogP contribution in [0.3, 0.4) is 0 Å². The van der Waals surface area contributed by atoms with Gasteiger partial charge in [-0.05, 0) is 20.3 Å². The first kappa shape index (κ1) is 20.7. The van der Waals surface area contributed by atoms with Crippen molar-refractivity contribution in [1.82, 2.24) is 5.43 Å². The van der Waals surface area contributed by atoms with Gasteiger partial charge in [-0.2, -0.15) is 5.43 Å². The lowest BCUT2D eigenvalue weighted by molar-refractivity contribution is -0.915. The quantitative estimate of drug-likeness (QED) is 0.307. The van der Waals surface area contributed by atoms with Crippen LogP contribution in [0.5, 0.6) is 0 Å². The highest BCUT2D eigenvalue weighted by Crippen LogP contribution is 1.99. The molecule has 0 saturated carbocycles. The highest BCUT2D eigenvalue weighted by molar-refractivity contribution is 5.69. The third-order valence-corrected chi connectivity index (χ3v) is 2.15. The summed E-state index contributed by atoms with van der Waals surface area (Å²) in [6, 6.07) is 0. The molecule has 0 rings (SSSR count). The monoisotopic (exact) mass is 277 g/mol. The van der Waals surface area contributed by atoms with Crippen LogP contribution in [-0.4, -0.2) is 56.1 Å². The van der Waals surface area contributed by atoms with Crippen molar-refractivity contribution in [2.45, 2.75) is 52.6 Å². The second kappa shape index (κ2) is 12.4. The van der Waals surface area contributed by atoms with Gasteiger partial charge in [0, 0.05) is 6.42 Å². The number of aliphatic hydroxyl groups is 1. The SMILES string of the molecule is CC(O)CN[N+](C)(C)C.CCCCCC(=O)OCC. The third-order valence-electron chi connectivity index (χ3n) is 2.15. The van der Waals surface area contributed by atoms with Crippen LogP contribution in [0.4, 0.5) is 0 Å². The van der Waals surface area contributed by atoms with Gasteiger partial charge in [-0.25, -0.2) is 0 Å². The number of nitrogens with zero attached hydrogens (tertiary/aromatic N) is 1. The molecule has 5 nitrogen and oxygen atoms in total. The first-order valence-corrected chi connectivity index (χ1v) is 7.13. The maximum atomic E-state index is 10.7. The Balaban J connectivity index is 0. The fourth-order valence-corrected chi connectivity index (χ4v) is 1.16. The average Bonchev–Trinajstić information content (AvgIpc) is 2.27. The summed E-state index contributed by atoms with van der Waals surface area (Å²) in [5, 5.41) is 8.84. The minimum absolute atomic E-state index is 0.0593. The second-order valence-corrected chi connectivity index (χ2v) is 5.49. The number of nitrogens with one attached hydrogen (secondary N) is 1. The number of esters is 1. The normalized spacial score (nSPS) is 12.4. The maximum Gasteiger partial charge on any atom is 0.305 e. The number of rotatable bonds is 8. The first-order valence-electron chi connectivity index (χ1n) is 7.13. The summed E-state index contributed by atoms with van der Waals surface area (Å²) in [4.78, 5) is 10.7.